The number of aliphatic hydroxyl groups excluding tert-OH is 1. The smallest absolute Gasteiger partial charge is 0.121 e. The second-order valence-corrected chi connectivity index (χ2v) is 4.03. The van der Waals surface area contributed by atoms with E-state index < -0.39 is 6.10 Å². The van der Waals surface area contributed by atoms with E-state index in [2.05, 4.69) is 12.2 Å². The van der Waals surface area contributed by atoms with Gasteiger partial charge in [-0.15, -0.1) is 0 Å². The molecule has 0 radical (unpaired) electrons. The highest BCUT2D eigenvalue weighted by Gasteiger charge is 2.21. The van der Waals surface area contributed by atoms with Crippen LogP contribution in [0.3, 0.4) is 0 Å². The van der Waals surface area contributed by atoms with Crippen molar-refractivity contribution in [1.29, 1.82) is 0 Å². The van der Waals surface area contributed by atoms with E-state index in [9.17, 15) is 10.2 Å². The molecule has 1 aliphatic carbocycles. The number of aliphatic hydroxyl groups is 1. The number of aromatic hydroxyl groups is 1. The summed E-state index contributed by atoms with van der Waals surface area (Å²) < 4.78 is 0. The van der Waals surface area contributed by atoms with Crippen LogP contribution in [-0.4, -0.2) is 10.2 Å². The number of para-hydroxylation sites is 1. The zero-order valence-corrected chi connectivity index (χ0v) is 8.63. The summed E-state index contributed by atoms with van der Waals surface area (Å²) in [6.07, 6.45) is 6.79. The quantitative estimate of drug-likeness (QED) is 0.727. The van der Waals surface area contributed by atoms with Crippen molar-refractivity contribution in [3.63, 3.8) is 0 Å². The van der Waals surface area contributed by atoms with Gasteiger partial charge in [-0.05, 0) is 25.3 Å². The first-order valence-corrected chi connectivity index (χ1v) is 5.41. The van der Waals surface area contributed by atoms with Gasteiger partial charge in [-0.3, -0.25) is 0 Å². The Balaban J connectivity index is 2.20. The molecule has 0 heterocycles. The first-order chi connectivity index (χ1) is 7.29. The van der Waals surface area contributed by atoms with Crippen LogP contribution in [0.1, 0.15) is 30.9 Å². The Hall–Kier alpha value is -1.28. The summed E-state index contributed by atoms with van der Waals surface area (Å²) in [6, 6.07) is 7.00. The minimum atomic E-state index is -0.581. The molecule has 0 amide bonds. The molecule has 0 aromatic heterocycles. The van der Waals surface area contributed by atoms with Crippen LogP contribution in [0.25, 0.3) is 0 Å². The number of rotatable bonds is 2. The average molecular weight is 204 g/mol. The number of phenolic OH excluding ortho intramolecular Hbond substituents is 1. The van der Waals surface area contributed by atoms with Gasteiger partial charge in [0, 0.05) is 11.5 Å². The summed E-state index contributed by atoms with van der Waals surface area (Å²) in [5.74, 6) is 0.330. The van der Waals surface area contributed by atoms with Crippen molar-refractivity contribution >= 4 is 0 Å². The van der Waals surface area contributed by atoms with Gasteiger partial charge in [-0.2, -0.15) is 0 Å². The van der Waals surface area contributed by atoms with Gasteiger partial charge >= 0.3 is 0 Å². The molecule has 0 bridgehead atoms. The largest absolute Gasteiger partial charge is 0.508 e. The Labute approximate surface area is 89.9 Å². The summed E-state index contributed by atoms with van der Waals surface area (Å²) in [4.78, 5) is 0. The summed E-state index contributed by atoms with van der Waals surface area (Å²) in [6.45, 7) is 0. The van der Waals surface area contributed by atoms with Gasteiger partial charge in [-0.1, -0.05) is 30.4 Å². The fourth-order valence-electron chi connectivity index (χ4n) is 2.07. The van der Waals surface area contributed by atoms with Crippen LogP contribution in [0.2, 0.25) is 0 Å². The minimum Gasteiger partial charge on any atom is -0.508 e. The molecule has 0 saturated carbocycles. The van der Waals surface area contributed by atoms with Crippen LogP contribution in [0.5, 0.6) is 5.75 Å². The maximum atomic E-state index is 10.1. The lowest BCUT2D eigenvalue weighted by molar-refractivity contribution is 0.120. The summed E-state index contributed by atoms with van der Waals surface area (Å²) in [7, 11) is 0. The molecule has 2 N–H and O–H groups in total. The lowest BCUT2D eigenvalue weighted by Crippen LogP contribution is -2.12. The van der Waals surface area contributed by atoms with E-state index >= 15 is 0 Å². The lowest BCUT2D eigenvalue weighted by atomic mass is 9.87. The van der Waals surface area contributed by atoms with E-state index in [0.717, 1.165) is 19.3 Å². The van der Waals surface area contributed by atoms with Gasteiger partial charge in [-0.25, -0.2) is 0 Å². The van der Waals surface area contributed by atoms with Crippen LogP contribution in [0, 0.1) is 5.92 Å². The maximum Gasteiger partial charge on any atom is 0.121 e. The number of benzene rings is 1. The third-order valence-corrected chi connectivity index (χ3v) is 2.95. The Morgan fingerprint density at radius 3 is 2.73 bits per heavy atom. The van der Waals surface area contributed by atoms with Crippen LogP contribution < -0.4 is 0 Å². The molecule has 0 aliphatic heterocycles. The highest BCUT2D eigenvalue weighted by Crippen LogP contribution is 2.34. The number of hydrogen-bond donors (Lipinski definition) is 2. The van der Waals surface area contributed by atoms with Crippen molar-refractivity contribution in [2.75, 3.05) is 0 Å². The highest BCUT2D eigenvalue weighted by atomic mass is 16.3. The molecule has 80 valence electrons. The predicted molar refractivity (Wildman–Crippen MR) is 59.5 cm³/mol. The van der Waals surface area contributed by atoms with Gasteiger partial charge in [0.2, 0.25) is 0 Å². The molecule has 15 heavy (non-hydrogen) atoms. The minimum absolute atomic E-state index is 0.145. The van der Waals surface area contributed by atoms with Crippen LogP contribution in [-0.2, 0) is 0 Å². The van der Waals surface area contributed by atoms with E-state index in [1.807, 2.05) is 6.07 Å². The van der Waals surface area contributed by atoms with Gasteiger partial charge in [0.05, 0.1) is 6.10 Å². The molecule has 0 spiro atoms. The van der Waals surface area contributed by atoms with E-state index in [-0.39, 0.29) is 11.7 Å². The second-order valence-electron chi connectivity index (χ2n) is 4.03. The van der Waals surface area contributed by atoms with E-state index in [0.29, 0.717) is 5.56 Å². The standard InChI is InChI=1S/C13H16O2/c14-12-9-5-4-8-11(12)13(15)10-6-2-1-3-7-10/h2,4-6,8-10,13-15H,1,3,7H2. The first kappa shape index (κ1) is 10.2. The van der Waals surface area contributed by atoms with Crippen molar-refractivity contribution in [2.24, 2.45) is 5.92 Å². The van der Waals surface area contributed by atoms with E-state index in [1.54, 1.807) is 18.2 Å². The van der Waals surface area contributed by atoms with Crippen molar-refractivity contribution in [1.82, 2.24) is 0 Å². The topological polar surface area (TPSA) is 40.5 Å². The predicted octanol–water partition coefficient (Wildman–Crippen LogP) is 2.78. The lowest BCUT2D eigenvalue weighted by Gasteiger charge is -2.23. The molecule has 2 unspecified atom stereocenters. The molecule has 0 saturated heterocycles. The Morgan fingerprint density at radius 2 is 2.07 bits per heavy atom. The number of hydrogen-bond acceptors (Lipinski definition) is 2. The van der Waals surface area contributed by atoms with Gasteiger partial charge in [0.25, 0.3) is 0 Å². The molecule has 1 aromatic carbocycles. The maximum absolute atomic E-state index is 10.1. The highest BCUT2D eigenvalue weighted by molar-refractivity contribution is 5.34. The van der Waals surface area contributed by atoms with Crippen molar-refractivity contribution in [3.8, 4) is 5.75 Å². The molecule has 1 aliphatic rings. The Morgan fingerprint density at radius 1 is 1.27 bits per heavy atom. The first-order valence-electron chi connectivity index (χ1n) is 5.41. The van der Waals surface area contributed by atoms with Crippen LogP contribution in [0.4, 0.5) is 0 Å². The Kier molecular flexibility index (Phi) is 3.07. The average Bonchev–Trinajstić information content (AvgIpc) is 2.30. The molecule has 2 atom stereocenters. The van der Waals surface area contributed by atoms with Crippen LogP contribution >= 0.6 is 0 Å². The summed E-state index contributed by atoms with van der Waals surface area (Å²) in [5.41, 5.74) is 0.633. The second kappa shape index (κ2) is 4.49. The third kappa shape index (κ3) is 2.21. The molecule has 2 rings (SSSR count). The monoisotopic (exact) mass is 204 g/mol. The van der Waals surface area contributed by atoms with Gasteiger partial charge in [0.15, 0.2) is 0 Å². The number of phenols is 1. The SMILES string of the molecule is Oc1ccccc1C(O)C1C=CCCC1. The van der Waals surface area contributed by atoms with E-state index in [4.69, 9.17) is 0 Å². The zero-order chi connectivity index (χ0) is 10.7. The summed E-state index contributed by atoms with van der Waals surface area (Å²) in [5, 5.41) is 19.7. The molecule has 2 heteroatoms. The van der Waals surface area contributed by atoms with Gasteiger partial charge in [0.1, 0.15) is 5.75 Å². The van der Waals surface area contributed by atoms with Crippen LogP contribution in [0.15, 0.2) is 36.4 Å². The normalized spacial score (nSPS) is 22.6. The molecular weight excluding hydrogens is 188 g/mol. The fourth-order valence-corrected chi connectivity index (χ4v) is 2.07. The van der Waals surface area contributed by atoms with Crippen molar-refractivity contribution < 1.29 is 10.2 Å². The summed E-state index contributed by atoms with van der Waals surface area (Å²) >= 11 is 0. The Bertz CT molecular complexity index is 357. The van der Waals surface area contributed by atoms with E-state index in [1.165, 1.54) is 0 Å². The molecule has 1 aromatic rings. The van der Waals surface area contributed by atoms with Crippen molar-refractivity contribution in [3.05, 3.63) is 42.0 Å². The molecular formula is C13H16O2. The third-order valence-electron chi connectivity index (χ3n) is 2.95. The zero-order valence-electron chi connectivity index (χ0n) is 8.63. The number of allylic oxidation sites excluding steroid dienone is 1. The van der Waals surface area contributed by atoms with Crippen molar-refractivity contribution in [2.45, 2.75) is 25.4 Å². The fraction of sp³-hybridized carbons (Fsp3) is 0.385. The molecule has 0 fully saturated rings. The van der Waals surface area contributed by atoms with Gasteiger partial charge < -0.3 is 10.2 Å². The molecule has 2 nitrogen and oxygen atoms in total.